The topological polar surface area (TPSA) is 92.9 Å². The minimum absolute atomic E-state index is 0.130. The van der Waals surface area contributed by atoms with Gasteiger partial charge < -0.3 is 11.1 Å². The highest BCUT2D eigenvalue weighted by molar-refractivity contribution is 7.99. The van der Waals surface area contributed by atoms with Gasteiger partial charge in [-0.15, -0.1) is 0 Å². The molecule has 102 valence electrons. The van der Waals surface area contributed by atoms with Gasteiger partial charge in [-0.3, -0.25) is 14.3 Å². The van der Waals surface area contributed by atoms with Gasteiger partial charge in [-0.05, 0) is 24.9 Å². The standard InChI is InChI=1S/C11H20N4O2S/c1-4-18-6-5-7(2)13-8-9(12)15(3)11(17)14-10(8)16/h7,13H,4-6,12H2,1-3H3,(H,14,16,17). The van der Waals surface area contributed by atoms with E-state index < -0.39 is 11.2 Å². The lowest BCUT2D eigenvalue weighted by Gasteiger charge is -2.16. The van der Waals surface area contributed by atoms with Gasteiger partial charge in [-0.25, -0.2) is 4.79 Å². The number of aromatic amines is 1. The van der Waals surface area contributed by atoms with Crippen LogP contribution in [0.15, 0.2) is 9.59 Å². The molecule has 1 rings (SSSR count). The molecule has 1 atom stereocenters. The fourth-order valence-corrected chi connectivity index (χ4v) is 2.31. The van der Waals surface area contributed by atoms with Crippen LogP contribution in [0.25, 0.3) is 0 Å². The Labute approximate surface area is 110 Å². The van der Waals surface area contributed by atoms with Crippen molar-refractivity contribution in [2.24, 2.45) is 7.05 Å². The molecule has 0 amide bonds. The highest BCUT2D eigenvalue weighted by Crippen LogP contribution is 2.12. The first-order valence-corrected chi connectivity index (χ1v) is 7.05. The van der Waals surface area contributed by atoms with Gasteiger partial charge in [0.05, 0.1) is 0 Å². The molecule has 0 aromatic carbocycles. The normalized spacial score (nSPS) is 12.4. The Bertz CT molecular complexity index is 509. The first-order chi connectivity index (χ1) is 8.47. The van der Waals surface area contributed by atoms with Crippen LogP contribution in [0.4, 0.5) is 11.5 Å². The van der Waals surface area contributed by atoms with Crippen molar-refractivity contribution in [2.75, 3.05) is 22.6 Å². The van der Waals surface area contributed by atoms with Gasteiger partial charge in [-0.2, -0.15) is 11.8 Å². The number of H-pyrrole nitrogens is 1. The van der Waals surface area contributed by atoms with Gasteiger partial charge in [0.2, 0.25) is 0 Å². The minimum atomic E-state index is -0.503. The van der Waals surface area contributed by atoms with Gasteiger partial charge in [-0.1, -0.05) is 6.92 Å². The van der Waals surface area contributed by atoms with E-state index in [0.29, 0.717) is 0 Å². The molecule has 4 N–H and O–H groups in total. The van der Waals surface area contributed by atoms with Crippen molar-refractivity contribution >= 4 is 23.3 Å². The lowest BCUT2D eigenvalue weighted by Crippen LogP contribution is -2.34. The summed E-state index contributed by atoms with van der Waals surface area (Å²) in [6.07, 6.45) is 0.931. The Balaban J connectivity index is 2.82. The maximum atomic E-state index is 11.7. The second kappa shape index (κ2) is 6.53. The molecule has 7 heteroatoms. The Morgan fingerprint density at radius 3 is 2.78 bits per heavy atom. The van der Waals surface area contributed by atoms with Crippen LogP contribution in [-0.2, 0) is 7.05 Å². The van der Waals surface area contributed by atoms with Gasteiger partial charge in [0, 0.05) is 13.1 Å². The number of nitrogens with two attached hydrogens (primary N) is 1. The van der Waals surface area contributed by atoms with E-state index in [1.54, 1.807) is 0 Å². The molecular weight excluding hydrogens is 252 g/mol. The van der Waals surface area contributed by atoms with E-state index >= 15 is 0 Å². The van der Waals surface area contributed by atoms with Crippen molar-refractivity contribution in [3.8, 4) is 0 Å². The van der Waals surface area contributed by atoms with Gasteiger partial charge in [0.1, 0.15) is 11.5 Å². The minimum Gasteiger partial charge on any atom is -0.383 e. The molecule has 0 aliphatic heterocycles. The fourth-order valence-electron chi connectivity index (χ4n) is 1.50. The third-order valence-corrected chi connectivity index (χ3v) is 3.59. The molecule has 0 aliphatic carbocycles. The molecule has 0 aliphatic rings. The Morgan fingerprint density at radius 1 is 1.50 bits per heavy atom. The van der Waals surface area contributed by atoms with Crippen LogP contribution in [0.2, 0.25) is 0 Å². The Kier molecular flexibility index (Phi) is 5.33. The lowest BCUT2D eigenvalue weighted by atomic mass is 10.2. The summed E-state index contributed by atoms with van der Waals surface area (Å²) < 4.78 is 1.22. The summed E-state index contributed by atoms with van der Waals surface area (Å²) in [7, 11) is 1.52. The molecule has 0 fully saturated rings. The van der Waals surface area contributed by atoms with E-state index in [0.717, 1.165) is 17.9 Å². The van der Waals surface area contributed by atoms with Crippen LogP contribution < -0.4 is 22.3 Å². The number of rotatable bonds is 6. The highest BCUT2D eigenvalue weighted by atomic mass is 32.2. The smallest absolute Gasteiger partial charge is 0.329 e. The number of aromatic nitrogens is 2. The number of anilines is 2. The van der Waals surface area contributed by atoms with E-state index in [2.05, 4.69) is 17.2 Å². The monoisotopic (exact) mass is 272 g/mol. The summed E-state index contributed by atoms with van der Waals surface area (Å²) in [6.45, 7) is 4.10. The quantitative estimate of drug-likeness (QED) is 0.659. The molecule has 1 aromatic heterocycles. The van der Waals surface area contributed by atoms with Crippen molar-refractivity contribution in [2.45, 2.75) is 26.3 Å². The maximum Gasteiger partial charge on any atom is 0.329 e. The third-order valence-electron chi connectivity index (χ3n) is 2.66. The fraction of sp³-hybridized carbons (Fsp3) is 0.636. The third kappa shape index (κ3) is 3.56. The molecule has 1 unspecified atom stereocenters. The average Bonchev–Trinajstić information content (AvgIpc) is 2.32. The van der Waals surface area contributed by atoms with Crippen molar-refractivity contribution < 1.29 is 0 Å². The largest absolute Gasteiger partial charge is 0.383 e. The van der Waals surface area contributed by atoms with Gasteiger partial charge in [0.25, 0.3) is 5.56 Å². The number of nitrogens with zero attached hydrogens (tertiary/aromatic N) is 1. The van der Waals surface area contributed by atoms with Crippen molar-refractivity contribution in [1.82, 2.24) is 9.55 Å². The lowest BCUT2D eigenvalue weighted by molar-refractivity contribution is 0.756. The van der Waals surface area contributed by atoms with Crippen LogP contribution in [0.5, 0.6) is 0 Å². The molecule has 0 spiro atoms. The van der Waals surface area contributed by atoms with E-state index in [1.165, 1.54) is 11.6 Å². The molecule has 1 heterocycles. The van der Waals surface area contributed by atoms with Crippen LogP contribution in [0, 0.1) is 0 Å². The second-order valence-corrected chi connectivity index (χ2v) is 5.50. The Hall–Kier alpha value is -1.37. The molecular formula is C11H20N4O2S. The van der Waals surface area contributed by atoms with E-state index in [-0.39, 0.29) is 17.5 Å². The van der Waals surface area contributed by atoms with Gasteiger partial charge in [0.15, 0.2) is 0 Å². The number of nitrogen functional groups attached to an aromatic ring is 1. The SMILES string of the molecule is CCSCCC(C)Nc1c(N)n(C)c(=O)[nH]c1=O. The molecule has 0 saturated heterocycles. The summed E-state index contributed by atoms with van der Waals surface area (Å²) in [5.74, 6) is 2.27. The zero-order chi connectivity index (χ0) is 13.7. The summed E-state index contributed by atoms with van der Waals surface area (Å²) in [5, 5.41) is 3.06. The molecule has 6 nitrogen and oxygen atoms in total. The van der Waals surface area contributed by atoms with Crippen LogP contribution in [0.3, 0.4) is 0 Å². The number of nitrogens with one attached hydrogen (secondary N) is 2. The molecule has 18 heavy (non-hydrogen) atoms. The van der Waals surface area contributed by atoms with E-state index in [4.69, 9.17) is 5.73 Å². The molecule has 1 aromatic rings. The number of hydrogen-bond acceptors (Lipinski definition) is 5. The van der Waals surface area contributed by atoms with E-state index in [9.17, 15) is 9.59 Å². The summed E-state index contributed by atoms with van der Waals surface area (Å²) in [4.78, 5) is 25.2. The average molecular weight is 272 g/mol. The van der Waals surface area contributed by atoms with Crippen LogP contribution >= 0.6 is 11.8 Å². The first kappa shape index (κ1) is 14.7. The maximum absolute atomic E-state index is 11.7. The summed E-state index contributed by atoms with van der Waals surface area (Å²) >= 11 is 1.85. The Morgan fingerprint density at radius 2 is 2.17 bits per heavy atom. The van der Waals surface area contributed by atoms with Crippen molar-refractivity contribution in [1.29, 1.82) is 0 Å². The van der Waals surface area contributed by atoms with E-state index in [1.807, 2.05) is 18.7 Å². The zero-order valence-corrected chi connectivity index (χ0v) is 11.8. The zero-order valence-electron chi connectivity index (χ0n) is 10.9. The molecule has 0 radical (unpaired) electrons. The number of hydrogen-bond donors (Lipinski definition) is 3. The highest BCUT2D eigenvalue weighted by Gasteiger charge is 2.12. The van der Waals surface area contributed by atoms with Crippen molar-refractivity contribution in [3.63, 3.8) is 0 Å². The predicted molar refractivity (Wildman–Crippen MR) is 77.4 cm³/mol. The summed E-state index contributed by atoms with van der Waals surface area (Å²) in [6, 6.07) is 0.130. The van der Waals surface area contributed by atoms with Crippen LogP contribution in [-0.4, -0.2) is 27.1 Å². The predicted octanol–water partition coefficient (Wildman–Crippen LogP) is 0.599. The van der Waals surface area contributed by atoms with Crippen molar-refractivity contribution in [3.05, 3.63) is 20.8 Å². The second-order valence-electron chi connectivity index (χ2n) is 4.11. The molecule has 0 bridgehead atoms. The first-order valence-electron chi connectivity index (χ1n) is 5.90. The number of thioether (sulfide) groups is 1. The summed E-state index contributed by atoms with van der Waals surface area (Å²) in [5.41, 5.74) is 5.06. The van der Waals surface area contributed by atoms with Crippen LogP contribution in [0.1, 0.15) is 20.3 Å². The molecule has 0 saturated carbocycles. The van der Waals surface area contributed by atoms with Gasteiger partial charge >= 0.3 is 5.69 Å².